The average molecular weight is 601 g/mol. The highest BCUT2D eigenvalue weighted by molar-refractivity contribution is 6.08. The van der Waals surface area contributed by atoms with Crippen molar-refractivity contribution in [2.24, 2.45) is 0 Å². The first kappa shape index (κ1) is 27.0. The maximum Gasteiger partial charge on any atom is 0.227 e. The van der Waals surface area contributed by atoms with Crippen LogP contribution in [0.1, 0.15) is 0 Å². The first-order valence-corrected chi connectivity index (χ1v) is 15.8. The number of hydrogen-bond donors (Lipinski definition) is 0. The van der Waals surface area contributed by atoms with Crippen molar-refractivity contribution in [3.05, 3.63) is 170 Å². The zero-order valence-electron chi connectivity index (χ0n) is 25.5. The van der Waals surface area contributed by atoms with Crippen molar-refractivity contribution in [1.29, 1.82) is 0 Å². The molecule has 9 aromatic rings. The Morgan fingerprint density at radius 2 is 1.06 bits per heavy atom. The van der Waals surface area contributed by atoms with Gasteiger partial charge in [0.05, 0.1) is 11.4 Å². The summed E-state index contributed by atoms with van der Waals surface area (Å²) in [6.07, 6.45) is 0. The fraction of sp³-hybridized carbons (Fsp3) is 0. The van der Waals surface area contributed by atoms with Crippen LogP contribution >= 0.6 is 0 Å². The van der Waals surface area contributed by atoms with Crippen molar-refractivity contribution < 1.29 is 4.42 Å². The van der Waals surface area contributed by atoms with Crippen LogP contribution in [0.4, 0.5) is 0 Å². The van der Waals surface area contributed by atoms with Crippen molar-refractivity contribution in [3.8, 4) is 56.2 Å². The summed E-state index contributed by atoms with van der Waals surface area (Å²) in [6.45, 7) is 0. The molecule has 0 bridgehead atoms. The molecule has 3 heteroatoms. The summed E-state index contributed by atoms with van der Waals surface area (Å²) in [4.78, 5) is 10.1. The molecule has 220 valence electrons. The molecule has 0 aliphatic rings. The third kappa shape index (κ3) is 4.77. The molecule has 0 aliphatic heterocycles. The Hall–Kier alpha value is -6.32. The molecule has 0 N–H and O–H groups in total. The second kappa shape index (κ2) is 11.2. The standard InChI is InChI=1S/C44H28N2O/c1-3-14-30(15-4-1)40-28-32-18-8-10-22-36(32)42(45-40)34-20-11-19-33(27-34)41-35-21-9-7-13-29(35)25-26-37(41)38-23-12-24-39-43(38)47-44(46-39)31-16-5-2-6-17-31/h1-28H. The summed E-state index contributed by atoms with van der Waals surface area (Å²) in [6, 6.07) is 59.2. The predicted octanol–water partition coefficient (Wildman–Crippen LogP) is 11.9. The minimum absolute atomic E-state index is 0.619. The van der Waals surface area contributed by atoms with Crippen LogP contribution in [0.25, 0.3) is 88.9 Å². The number of pyridine rings is 1. The van der Waals surface area contributed by atoms with E-state index in [1.165, 1.54) is 16.2 Å². The average Bonchev–Trinajstić information content (AvgIpc) is 3.60. The molecule has 7 aromatic carbocycles. The monoisotopic (exact) mass is 600 g/mol. The predicted molar refractivity (Wildman–Crippen MR) is 194 cm³/mol. The Morgan fingerprint density at radius 1 is 0.404 bits per heavy atom. The lowest BCUT2D eigenvalue weighted by Gasteiger charge is -2.16. The summed E-state index contributed by atoms with van der Waals surface area (Å²) >= 11 is 0. The highest BCUT2D eigenvalue weighted by atomic mass is 16.3. The van der Waals surface area contributed by atoms with E-state index in [0.717, 1.165) is 66.8 Å². The van der Waals surface area contributed by atoms with Gasteiger partial charge in [-0.3, -0.25) is 0 Å². The van der Waals surface area contributed by atoms with Gasteiger partial charge in [-0.15, -0.1) is 0 Å². The minimum atomic E-state index is 0.619. The van der Waals surface area contributed by atoms with E-state index in [4.69, 9.17) is 14.4 Å². The van der Waals surface area contributed by atoms with Gasteiger partial charge >= 0.3 is 0 Å². The van der Waals surface area contributed by atoms with Gasteiger partial charge in [-0.2, -0.15) is 0 Å². The van der Waals surface area contributed by atoms with Crippen molar-refractivity contribution in [1.82, 2.24) is 9.97 Å². The number of benzene rings is 7. The minimum Gasteiger partial charge on any atom is -0.435 e. The summed E-state index contributed by atoms with van der Waals surface area (Å²) in [5, 5.41) is 4.65. The molecular weight excluding hydrogens is 572 g/mol. The molecule has 0 atom stereocenters. The van der Waals surface area contributed by atoms with Gasteiger partial charge in [-0.1, -0.05) is 140 Å². The number of rotatable bonds is 5. The van der Waals surface area contributed by atoms with Crippen LogP contribution in [-0.2, 0) is 0 Å². The highest BCUT2D eigenvalue weighted by Crippen LogP contribution is 2.43. The summed E-state index contributed by atoms with van der Waals surface area (Å²) < 4.78 is 6.52. The first-order chi connectivity index (χ1) is 23.3. The van der Waals surface area contributed by atoms with Gasteiger partial charge < -0.3 is 4.42 Å². The van der Waals surface area contributed by atoms with E-state index >= 15 is 0 Å². The fourth-order valence-electron chi connectivity index (χ4n) is 6.67. The molecular formula is C44H28N2O. The summed E-state index contributed by atoms with van der Waals surface area (Å²) in [5.41, 5.74) is 11.0. The fourth-order valence-corrected chi connectivity index (χ4v) is 6.67. The molecule has 3 nitrogen and oxygen atoms in total. The van der Waals surface area contributed by atoms with Crippen molar-refractivity contribution >= 4 is 32.6 Å². The lowest BCUT2D eigenvalue weighted by molar-refractivity contribution is 0.621. The van der Waals surface area contributed by atoms with Crippen LogP contribution in [0.3, 0.4) is 0 Å². The smallest absolute Gasteiger partial charge is 0.227 e. The number of nitrogens with zero attached hydrogens (tertiary/aromatic N) is 2. The van der Waals surface area contributed by atoms with E-state index in [1.54, 1.807) is 0 Å². The van der Waals surface area contributed by atoms with Crippen LogP contribution in [0.15, 0.2) is 174 Å². The van der Waals surface area contributed by atoms with Gasteiger partial charge in [0.2, 0.25) is 5.89 Å². The Balaban J connectivity index is 1.27. The number of fused-ring (bicyclic) bond motifs is 3. The highest BCUT2D eigenvalue weighted by Gasteiger charge is 2.19. The second-order valence-corrected chi connectivity index (χ2v) is 11.8. The van der Waals surface area contributed by atoms with Gasteiger partial charge in [0.15, 0.2) is 5.58 Å². The van der Waals surface area contributed by atoms with Crippen LogP contribution in [-0.4, -0.2) is 9.97 Å². The SMILES string of the molecule is c1ccc(-c2cc3ccccc3c(-c3cccc(-c4c(-c5cccc6nc(-c7ccccc7)oc56)ccc5ccccc45)c3)n2)cc1. The van der Waals surface area contributed by atoms with Crippen molar-refractivity contribution in [2.75, 3.05) is 0 Å². The van der Waals surface area contributed by atoms with Crippen molar-refractivity contribution in [3.63, 3.8) is 0 Å². The lowest BCUT2D eigenvalue weighted by atomic mass is 9.88. The molecule has 2 heterocycles. The number of oxazole rings is 1. The van der Waals surface area contributed by atoms with E-state index < -0.39 is 0 Å². The Morgan fingerprint density at radius 3 is 1.89 bits per heavy atom. The van der Waals surface area contributed by atoms with E-state index in [1.807, 2.05) is 42.5 Å². The van der Waals surface area contributed by atoms with Gasteiger partial charge in [0.1, 0.15) is 5.52 Å². The van der Waals surface area contributed by atoms with Gasteiger partial charge in [-0.25, -0.2) is 9.97 Å². The molecule has 0 radical (unpaired) electrons. The second-order valence-electron chi connectivity index (χ2n) is 11.8. The normalized spacial score (nSPS) is 11.4. The molecule has 0 fully saturated rings. The Bertz CT molecular complexity index is 2570. The Labute approximate surface area is 272 Å². The van der Waals surface area contributed by atoms with Gasteiger partial charge in [-0.05, 0) is 63.2 Å². The molecule has 9 rings (SSSR count). The van der Waals surface area contributed by atoms with E-state index in [-0.39, 0.29) is 0 Å². The topological polar surface area (TPSA) is 38.9 Å². The van der Waals surface area contributed by atoms with Crippen LogP contribution < -0.4 is 0 Å². The maximum atomic E-state index is 6.52. The lowest BCUT2D eigenvalue weighted by Crippen LogP contribution is -1.93. The van der Waals surface area contributed by atoms with Crippen LogP contribution in [0.2, 0.25) is 0 Å². The van der Waals surface area contributed by atoms with E-state index in [0.29, 0.717) is 5.89 Å². The first-order valence-electron chi connectivity index (χ1n) is 15.8. The molecule has 0 saturated heterocycles. The molecule has 2 aromatic heterocycles. The number of hydrogen-bond acceptors (Lipinski definition) is 3. The third-order valence-corrected chi connectivity index (χ3v) is 8.89. The van der Waals surface area contributed by atoms with Gasteiger partial charge in [0.25, 0.3) is 0 Å². The molecule has 0 unspecified atom stereocenters. The number of aromatic nitrogens is 2. The zero-order valence-corrected chi connectivity index (χ0v) is 25.5. The summed E-state index contributed by atoms with van der Waals surface area (Å²) in [7, 11) is 0. The van der Waals surface area contributed by atoms with Crippen LogP contribution in [0.5, 0.6) is 0 Å². The van der Waals surface area contributed by atoms with E-state index in [2.05, 4.69) is 127 Å². The van der Waals surface area contributed by atoms with E-state index in [9.17, 15) is 0 Å². The zero-order chi connectivity index (χ0) is 31.2. The third-order valence-electron chi connectivity index (χ3n) is 8.89. The largest absolute Gasteiger partial charge is 0.435 e. The number of para-hydroxylation sites is 1. The molecule has 0 amide bonds. The quantitative estimate of drug-likeness (QED) is 0.197. The molecule has 0 aliphatic carbocycles. The molecule has 47 heavy (non-hydrogen) atoms. The van der Waals surface area contributed by atoms with Crippen LogP contribution in [0, 0.1) is 0 Å². The molecule has 0 saturated carbocycles. The summed E-state index contributed by atoms with van der Waals surface area (Å²) in [5.74, 6) is 0.619. The molecule has 0 spiro atoms. The Kier molecular flexibility index (Phi) is 6.46. The maximum absolute atomic E-state index is 6.52. The van der Waals surface area contributed by atoms with Gasteiger partial charge in [0, 0.05) is 27.6 Å². The van der Waals surface area contributed by atoms with Crippen molar-refractivity contribution in [2.45, 2.75) is 0 Å².